The number of ether oxygens (including phenoxy) is 1. The van der Waals surface area contributed by atoms with Crippen LogP contribution in [0.4, 0.5) is 0 Å². The summed E-state index contributed by atoms with van der Waals surface area (Å²) in [6.45, 7) is 13.0. The molecule has 0 N–H and O–H groups in total. The topological polar surface area (TPSA) is 9.23 Å². The molecule has 0 aromatic carbocycles. The Morgan fingerprint density at radius 3 is 1.82 bits per heavy atom. The lowest BCUT2D eigenvalue weighted by molar-refractivity contribution is -0.00231. The first-order chi connectivity index (χ1) is 4.81. The summed E-state index contributed by atoms with van der Waals surface area (Å²) in [5, 5.41) is 0. The van der Waals surface area contributed by atoms with Gasteiger partial charge in [0.15, 0.2) is 0 Å². The van der Waals surface area contributed by atoms with Crippen LogP contribution < -0.4 is 0 Å². The van der Waals surface area contributed by atoms with Gasteiger partial charge in [-0.05, 0) is 32.6 Å². The van der Waals surface area contributed by atoms with Crippen molar-refractivity contribution in [2.24, 2.45) is 5.41 Å². The van der Waals surface area contributed by atoms with E-state index in [1.54, 1.807) is 0 Å². The van der Waals surface area contributed by atoms with Crippen molar-refractivity contribution in [3.05, 3.63) is 0 Å². The van der Waals surface area contributed by atoms with E-state index < -0.39 is 0 Å². The first-order valence-electron chi connectivity index (χ1n) is 4.47. The maximum Gasteiger partial charge on any atom is 0.0555 e. The Labute approximate surface area is 71.1 Å². The van der Waals surface area contributed by atoms with Crippen LogP contribution in [0.1, 0.15) is 48.0 Å². The van der Waals surface area contributed by atoms with Crippen molar-refractivity contribution < 1.29 is 4.74 Å². The minimum Gasteiger partial charge on any atom is -0.376 e. The molecule has 1 nitrogen and oxygen atoms in total. The largest absolute Gasteiger partial charge is 0.376 e. The first-order valence-corrected chi connectivity index (χ1v) is 4.47. The molecule has 0 saturated heterocycles. The highest BCUT2D eigenvalue weighted by atomic mass is 16.5. The standard InChI is InChI=1S/C10H22O/c1-8(2)11-9(3)7-10(4,5)6/h8-9H,7H2,1-6H3. The molecule has 0 aliphatic heterocycles. The molecular formula is C10H22O. The fourth-order valence-electron chi connectivity index (χ4n) is 1.38. The highest BCUT2D eigenvalue weighted by Gasteiger charge is 2.15. The molecular weight excluding hydrogens is 136 g/mol. The Morgan fingerprint density at radius 1 is 1.09 bits per heavy atom. The Kier molecular flexibility index (Phi) is 4.09. The first kappa shape index (κ1) is 11.0. The normalized spacial score (nSPS) is 15.5. The molecule has 0 bridgehead atoms. The monoisotopic (exact) mass is 158 g/mol. The van der Waals surface area contributed by atoms with Gasteiger partial charge < -0.3 is 4.74 Å². The minimum absolute atomic E-state index is 0.354. The molecule has 0 saturated carbocycles. The van der Waals surface area contributed by atoms with Crippen molar-refractivity contribution in [1.29, 1.82) is 0 Å². The molecule has 0 aromatic rings. The summed E-state index contributed by atoms with van der Waals surface area (Å²) < 4.78 is 5.63. The van der Waals surface area contributed by atoms with Gasteiger partial charge in [0.05, 0.1) is 12.2 Å². The molecule has 1 unspecified atom stereocenters. The van der Waals surface area contributed by atoms with Crippen LogP contribution in [0.5, 0.6) is 0 Å². The third-order valence-corrected chi connectivity index (χ3v) is 1.40. The SMILES string of the molecule is CC(C)OC(C)CC(C)(C)C. The van der Waals surface area contributed by atoms with Crippen LogP contribution in [-0.2, 0) is 4.74 Å². The summed E-state index contributed by atoms with van der Waals surface area (Å²) in [5.74, 6) is 0. The lowest BCUT2D eigenvalue weighted by atomic mass is 9.90. The number of rotatable bonds is 3. The van der Waals surface area contributed by atoms with Gasteiger partial charge in [-0.25, -0.2) is 0 Å². The van der Waals surface area contributed by atoms with Gasteiger partial charge >= 0.3 is 0 Å². The van der Waals surface area contributed by atoms with Crippen molar-refractivity contribution in [3.8, 4) is 0 Å². The lowest BCUT2D eigenvalue weighted by Crippen LogP contribution is -2.20. The van der Waals surface area contributed by atoms with Gasteiger partial charge in [-0.2, -0.15) is 0 Å². The van der Waals surface area contributed by atoms with Crippen molar-refractivity contribution in [2.75, 3.05) is 0 Å². The molecule has 1 heteroatoms. The molecule has 0 aliphatic carbocycles. The maximum absolute atomic E-state index is 5.63. The lowest BCUT2D eigenvalue weighted by Gasteiger charge is -2.24. The second-order valence-electron chi connectivity index (χ2n) is 4.76. The van der Waals surface area contributed by atoms with Crippen LogP contribution in [0.25, 0.3) is 0 Å². The van der Waals surface area contributed by atoms with Gasteiger partial charge in [0.25, 0.3) is 0 Å². The van der Waals surface area contributed by atoms with E-state index in [1.807, 2.05) is 0 Å². The van der Waals surface area contributed by atoms with Crippen LogP contribution in [0.15, 0.2) is 0 Å². The fraction of sp³-hybridized carbons (Fsp3) is 1.00. The second kappa shape index (κ2) is 4.10. The summed E-state index contributed by atoms with van der Waals surface area (Å²) >= 11 is 0. The zero-order valence-corrected chi connectivity index (χ0v) is 8.77. The molecule has 0 heterocycles. The van der Waals surface area contributed by atoms with Crippen molar-refractivity contribution >= 4 is 0 Å². The molecule has 68 valence electrons. The Morgan fingerprint density at radius 2 is 1.55 bits per heavy atom. The molecule has 0 radical (unpaired) electrons. The molecule has 0 amide bonds. The van der Waals surface area contributed by atoms with Crippen molar-refractivity contribution in [2.45, 2.75) is 60.2 Å². The van der Waals surface area contributed by atoms with E-state index >= 15 is 0 Å². The zero-order valence-electron chi connectivity index (χ0n) is 8.77. The van der Waals surface area contributed by atoms with E-state index in [0.717, 1.165) is 6.42 Å². The Bertz CT molecular complexity index is 99.9. The van der Waals surface area contributed by atoms with E-state index in [-0.39, 0.29) is 0 Å². The van der Waals surface area contributed by atoms with Gasteiger partial charge in [0.2, 0.25) is 0 Å². The molecule has 0 spiro atoms. The highest BCUT2D eigenvalue weighted by molar-refractivity contribution is 4.66. The number of hydrogen-bond acceptors (Lipinski definition) is 1. The third kappa shape index (κ3) is 7.86. The van der Waals surface area contributed by atoms with Crippen molar-refractivity contribution in [3.63, 3.8) is 0 Å². The van der Waals surface area contributed by atoms with Gasteiger partial charge in [-0.1, -0.05) is 20.8 Å². The van der Waals surface area contributed by atoms with E-state index in [4.69, 9.17) is 4.74 Å². The fourth-order valence-corrected chi connectivity index (χ4v) is 1.38. The average molecular weight is 158 g/mol. The minimum atomic E-state index is 0.354. The summed E-state index contributed by atoms with van der Waals surface area (Å²) in [5.41, 5.74) is 0.383. The molecule has 0 rings (SSSR count). The van der Waals surface area contributed by atoms with Crippen LogP contribution >= 0.6 is 0 Å². The van der Waals surface area contributed by atoms with Gasteiger partial charge in [-0.15, -0.1) is 0 Å². The van der Waals surface area contributed by atoms with E-state index in [9.17, 15) is 0 Å². The average Bonchev–Trinajstić information content (AvgIpc) is 1.53. The molecule has 11 heavy (non-hydrogen) atoms. The molecule has 0 fully saturated rings. The Balaban J connectivity index is 3.61. The quantitative estimate of drug-likeness (QED) is 0.612. The van der Waals surface area contributed by atoms with Crippen LogP contribution in [-0.4, -0.2) is 12.2 Å². The summed E-state index contributed by atoms with van der Waals surface area (Å²) in [6, 6.07) is 0. The number of hydrogen-bond donors (Lipinski definition) is 0. The Hall–Kier alpha value is -0.0400. The van der Waals surface area contributed by atoms with E-state index in [0.29, 0.717) is 17.6 Å². The van der Waals surface area contributed by atoms with Crippen LogP contribution in [0.2, 0.25) is 0 Å². The summed E-state index contributed by atoms with van der Waals surface area (Å²) in [4.78, 5) is 0. The van der Waals surface area contributed by atoms with E-state index in [1.165, 1.54) is 0 Å². The van der Waals surface area contributed by atoms with E-state index in [2.05, 4.69) is 41.5 Å². The van der Waals surface area contributed by atoms with Gasteiger partial charge in [-0.3, -0.25) is 0 Å². The molecule has 0 aromatic heterocycles. The van der Waals surface area contributed by atoms with Gasteiger partial charge in [0.1, 0.15) is 0 Å². The predicted molar refractivity (Wildman–Crippen MR) is 49.8 cm³/mol. The molecule has 1 atom stereocenters. The highest BCUT2D eigenvalue weighted by Crippen LogP contribution is 2.22. The van der Waals surface area contributed by atoms with Crippen molar-refractivity contribution in [1.82, 2.24) is 0 Å². The zero-order chi connectivity index (χ0) is 9.07. The smallest absolute Gasteiger partial charge is 0.0555 e. The second-order valence-corrected chi connectivity index (χ2v) is 4.76. The van der Waals surface area contributed by atoms with Crippen LogP contribution in [0.3, 0.4) is 0 Å². The van der Waals surface area contributed by atoms with Crippen LogP contribution in [0, 0.1) is 5.41 Å². The maximum atomic E-state index is 5.63. The third-order valence-electron chi connectivity index (χ3n) is 1.40. The predicted octanol–water partition coefficient (Wildman–Crippen LogP) is 3.24. The summed E-state index contributed by atoms with van der Waals surface area (Å²) in [7, 11) is 0. The summed E-state index contributed by atoms with van der Waals surface area (Å²) in [6.07, 6.45) is 1.87. The molecule has 0 aliphatic rings. The van der Waals surface area contributed by atoms with Gasteiger partial charge in [0, 0.05) is 0 Å².